The first kappa shape index (κ1) is 14.3. The van der Waals surface area contributed by atoms with E-state index in [0.717, 1.165) is 4.47 Å². The van der Waals surface area contributed by atoms with E-state index in [-0.39, 0.29) is 5.95 Å². The van der Waals surface area contributed by atoms with E-state index in [1.54, 1.807) is 30.6 Å². The van der Waals surface area contributed by atoms with Gasteiger partial charge in [0.15, 0.2) is 0 Å². The van der Waals surface area contributed by atoms with Gasteiger partial charge in [-0.15, -0.1) is 0 Å². The van der Waals surface area contributed by atoms with E-state index < -0.39 is 5.91 Å². The molecule has 0 saturated carbocycles. The minimum Gasteiger partial charge on any atom is -0.496 e. The van der Waals surface area contributed by atoms with Gasteiger partial charge in [-0.05, 0) is 28.1 Å². The Hall–Kier alpha value is -2.15. The number of nitrogens with one attached hydrogen (secondary N) is 1. The van der Waals surface area contributed by atoms with Gasteiger partial charge in [0.1, 0.15) is 17.1 Å². The third-order valence-corrected chi connectivity index (χ3v) is 2.91. The first-order valence-corrected chi connectivity index (χ1v) is 6.45. The maximum absolute atomic E-state index is 12.3. The van der Waals surface area contributed by atoms with Crippen LogP contribution in [0.5, 0.6) is 11.5 Å². The highest BCUT2D eigenvalue weighted by atomic mass is 79.9. The molecule has 6 nitrogen and oxygen atoms in total. The van der Waals surface area contributed by atoms with Crippen LogP contribution in [0, 0.1) is 0 Å². The van der Waals surface area contributed by atoms with Gasteiger partial charge in [0.05, 0.1) is 18.7 Å². The smallest absolute Gasteiger partial charge is 0.265 e. The Bertz CT molecular complexity index is 595. The predicted molar refractivity (Wildman–Crippen MR) is 77.2 cm³/mol. The van der Waals surface area contributed by atoms with Gasteiger partial charge in [-0.3, -0.25) is 10.1 Å². The minimum absolute atomic E-state index is 0.200. The molecule has 0 aliphatic rings. The van der Waals surface area contributed by atoms with Gasteiger partial charge in [0.25, 0.3) is 5.91 Å². The lowest BCUT2D eigenvalue weighted by Gasteiger charge is -2.12. The fourth-order valence-corrected chi connectivity index (χ4v) is 1.82. The van der Waals surface area contributed by atoms with Crippen LogP contribution >= 0.6 is 15.9 Å². The summed E-state index contributed by atoms with van der Waals surface area (Å²) in [6.07, 6.45) is 3.09. The fourth-order valence-electron chi connectivity index (χ4n) is 1.62. The van der Waals surface area contributed by atoms with Gasteiger partial charge in [-0.25, -0.2) is 9.97 Å². The molecule has 1 amide bonds. The third-order valence-electron chi connectivity index (χ3n) is 2.50. The van der Waals surface area contributed by atoms with E-state index in [2.05, 4.69) is 31.2 Å². The molecule has 0 atom stereocenters. The molecule has 0 spiro atoms. The van der Waals surface area contributed by atoms with Gasteiger partial charge in [0.2, 0.25) is 5.95 Å². The van der Waals surface area contributed by atoms with Crippen LogP contribution < -0.4 is 14.8 Å². The highest BCUT2D eigenvalue weighted by Crippen LogP contribution is 2.28. The first-order valence-electron chi connectivity index (χ1n) is 5.65. The molecule has 0 bridgehead atoms. The Balaban J connectivity index is 2.31. The van der Waals surface area contributed by atoms with Gasteiger partial charge in [0, 0.05) is 12.4 Å². The van der Waals surface area contributed by atoms with Crippen LogP contribution in [0.3, 0.4) is 0 Å². The Morgan fingerprint density at radius 3 is 2.20 bits per heavy atom. The highest BCUT2D eigenvalue weighted by molar-refractivity contribution is 9.10. The van der Waals surface area contributed by atoms with Crippen LogP contribution in [-0.2, 0) is 0 Å². The second kappa shape index (κ2) is 6.33. The molecule has 1 aromatic heterocycles. The Kier molecular flexibility index (Phi) is 4.52. The summed E-state index contributed by atoms with van der Waals surface area (Å²) in [5, 5.41) is 2.59. The largest absolute Gasteiger partial charge is 0.496 e. The molecule has 1 aromatic carbocycles. The summed E-state index contributed by atoms with van der Waals surface area (Å²) in [6.45, 7) is 0. The second-order valence-electron chi connectivity index (χ2n) is 3.72. The quantitative estimate of drug-likeness (QED) is 0.927. The lowest BCUT2D eigenvalue weighted by Crippen LogP contribution is -2.16. The van der Waals surface area contributed by atoms with E-state index in [1.807, 2.05) is 0 Å². The molecule has 7 heteroatoms. The molecular formula is C13H12BrN3O3. The molecule has 0 fully saturated rings. The number of ether oxygens (including phenoxy) is 2. The predicted octanol–water partition coefficient (Wildman–Crippen LogP) is 2.51. The summed E-state index contributed by atoms with van der Waals surface area (Å²) >= 11 is 3.22. The fraction of sp³-hybridized carbons (Fsp3) is 0.154. The van der Waals surface area contributed by atoms with Crippen LogP contribution in [0.25, 0.3) is 0 Å². The minimum atomic E-state index is -0.401. The molecule has 0 aliphatic carbocycles. The lowest BCUT2D eigenvalue weighted by molar-refractivity contribution is 0.102. The Labute approximate surface area is 124 Å². The van der Waals surface area contributed by atoms with Crippen LogP contribution in [0.4, 0.5) is 5.95 Å². The van der Waals surface area contributed by atoms with E-state index in [0.29, 0.717) is 17.1 Å². The van der Waals surface area contributed by atoms with Crippen molar-refractivity contribution < 1.29 is 14.3 Å². The topological polar surface area (TPSA) is 73.3 Å². The zero-order valence-electron chi connectivity index (χ0n) is 10.9. The van der Waals surface area contributed by atoms with Crippen molar-refractivity contribution in [2.45, 2.75) is 0 Å². The van der Waals surface area contributed by atoms with Crippen molar-refractivity contribution in [2.75, 3.05) is 19.5 Å². The molecule has 104 valence electrons. The zero-order valence-corrected chi connectivity index (χ0v) is 12.5. The maximum Gasteiger partial charge on any atom is 0.265 e. The van der Waals surface area contributed by atoms with Crippen molar-refractivity contribution >= 4 is 27.8 Å². The number of amides is 1. The van der Waals surface area contributed by atoms with Crippen molar-refractivity contribution in [3.8, 4) is 11.5 Å². The number of methoxy groups -OCH3 is 2. The summed E-state index contributed by atoms with van der Waals surface area (Å²) in [5.41, 5.74) is 0.295. The van der Waals surface area contributed by atoms with Crippen molar-refractivity contribution in [1.29, 1.82) is 0 Å². The Morgan fingerprint density at radius 1 is 1.15 bits per heavy atom. The van der Waals surface area contributed by atoms with E-state index in [4.69, 9.17) is 9.47 Å². The third kappa shape index (κ3) is 3.05. The first-order chi connectivity index (χ1) is 9.65. The maximum atomic E-state index is 12.3. The molecular weight excluding hydrogens is 326 g/mol. The van der Waals surface area contributed by atoms with Gasteiger partial charge in [-0.2, -0.15) is 0 Å². The normalized spacial score (nSPS) is 9.95. The SMILES string of the molecule is COc1cccc(OC)c1C(=O)Nc1ncc(Br)cn1. The standard InChI is InChI=1S/C13H12BrN3O3/c1-19-9-4-3-5-10(20-2)11(9)12(18)17-13-15-6-8(14)7-16-13/h3-7H,1-2H3,(H,15,16,17,18). The van der Waals surface area contributed by atoms with Crippen molar-refractivity contribution in [1.82, 2.24) is 9.97 Å². The number of rotatable bonds is 4. The average molecular weight is 338 g/mol. The zero-order chi connectivity index (χ0) is 14.5. The summed E-state index contributed by atoms with van der Waals surface area (Å²) < 4.78 is 11.1. The van der Waals surface area contributed by atoms with Crippen LogP contribution in [0.15, 0.2) is 35.1 Å². The molecule has 0 saturated heterocycles. The molecule has 1 heterocycles. The summed E-state index contributed by atoms with van der Waals surface area (Å²) in [7, 11) is 2.98. The highest BCUT2D eigenvalue weighted by Gasteiger charge is 2.18. The van der Waals surface area contributed by atoms with E-state index >= 15 is 0 Å². The molecule has 20 heavy (non-hydrogen) atoms. The molecule has 0 radical (unpaired) electrons. The van der Waals surface area contributed by atoms with Crippen LogP contribution in [-0.4, -0.2) is 30.1 Å². The van der Waals surface area contributed by atoms with Gasteiger partial charge >= 0.3 is 0 Å². The number of carbonyl (C=O) groups excluding carboxylic acids is 1. The van der Waals surface area contributed by atoms with Crippen LogP contribution in [0.1, 0.15) is 10.4 Å². The average Bonchev–Trinajstić information content (AvgIpc) is 2.48. The molecule has 0 unspecified atom stereocenters. The van der Waals surface area contributed by atoms with Crippen molar-refractivity contribution in [3.05, 3.63) is 40.6 Å². The lowest BCUT2D eigenvalue weighted by atomic mass is 10.1. The van der Waals surface area contributed by atoms with Crippen molar-refractivity contribution in [3.63, 3.8) is 0 Å². The monoisotopic (exact) mass is 337 g/mol. The number of halogens is 1. The number of benzene rings is 1. The molecule has 0 aliphatic heterocycles. The molecule has 2 aromatic rings. The van der Waals surface area contributed by atoms with E-state index in [1.165, 1.54) is 14.2 Å². The number of anilines is 1. The summed E-state index contributed by atoms with van der Waals surface area (Å²) in [4.78, 5) is 20.3. The number of carbonyl (C=O) groups is 1. The van der Waals surface area contributed by atoms with E-state index in [9.17, 15) is 4.79 Å². The second-order valence-corrected chi connectivity index (χ2v) is 4.63. The van der Waals surface area contributed by atoms with Gasteiger partial charge in [-0.1, -0.05) is 6.07 Å². The van der Waals surface area contributed by atoms with Crippen LogP contribution in [0.2, 0.25) is 0 Å². The number of hydrogen-bond acceptors (Lipinski definition) is 5. The number of hydrogen-bond donors (Lipinski definition) is 1. The number of nitrogens with zero attached hydrogens (tertiary/aromatic N) is 2. The molecule has 1 N–H and O–H groups in total. The molecule has 2 rings (SSSR count). The summed E-state index contributed by atoms with van der Waals surface area (Å²) in [5.74, 6) is 0.630. The van der Waals surface area contributed by atoms with Gasteiger partial charge < -0.3 is 9.47 Å². The Morgan fingerprint density at radius 2 is 1.70 bits per heavy atom. The number of aromatic nitrogens is 2. The van der Waals surface area contributed by atoms with Crippen molar-refractivity contribution in [2.24, 2.45) is 0 Å². The summed E-state index contributed by atoms with van der Waals surface area (Å²) in [6, 6.07) is 5.10.